The van der Waals surface area contributed by atoms with Crippen LogP contribution in [0.2, 0.25) is 0 Å². The van der Waals surface area contributed by atoms with Gasteiger partial charge in [0.05, 0.1) is 22.4 Å². The van der Waals surface area contributed by atoms with Crippen LogP contribution in [0.25, 0.3) is 0 Å². The summed E-state index contributed by atoms with van der Waals surface area (Å²) in [7, 11) is -2.48. The fraction of sp³-hybridized carbons (Fsp3) is 0.395. The predicted octanol–water partition coefficient (Wildman–Crippen LogP) is 7.73. The zero-order valence-corrected chi connectivity index (χ0v) is 35.8. The fourth-order valence-electron chi connectivity index (χ4n) is 6.47. The molecule has 0 saturated carbocycles. The van der Waals surface area contributed by atoms with Crippen molar-refractivity contribution in [2.24, 2.45) is 0 Å². The number of halogens is 1. The molecular weight excluding hydrogens is 817 g/mol. The van der Waals surface area contributed by atoms with E-state index in [0.717, 1.165) is 15.6 Å². The van der Waals surface area contributed by atoms with E-state index in [2.05, 4.69) is 15.9 Å². The van der Waals surface area contributed by atoms with E-state index < -0.39 is 27.2 Å². The van der Waals surface area contributed by atoms with E-state index in [1.807, 2.05) is 116 Å². The maximum atomic E-state index is 12.1. The molecule has 0 aromatic heterocycles. The summed E-state index contributed by atoms with van der Waals surface area (Å²) < 4.78 is 35.4. The Kier molecular flexibility index (Phi) is 14.2. The smallest absolute Gasteiger partial charge is 0.423 e. The van der Waals surface area contributed by atoms with Crippen molar-refractivity contribution in [1.29, 1.82) is 0 Å². The van der Waals surface area contributed by atoms with Gasteiger partial charge in [-0.25, -0.2) is 9.59 Å². The summed E-state index contributed by atoms with van der Waals surface area (Å²) in [5.74, 6) is 0.935. The predicted molar refractivity (Wildman–Crippen MR) is 233 cm³/mol. The van der Waals surface area contributed by atoms with Crippen molar-refractivity contribution in [1.82, 2.24) is 9.80 Å². The Morgan fingerprint density at radius 3 is 1.14 bits per heavy atom. The first-order valence-electron chi connectivity index (χ1n) is 19.2. The first-order valence-corrected chi connectivity index (χ1v) is 20.0. The molecule has 4 aliphatic rings. The third-order valence-corrected chi connectivity index (χ3v) is 11.9. The van der Waals surface area contributed by atoms with Crippen molar-refractivity contribution in [3.05, 3.63) is 124 Å². The number of carbonyl (C=O) groups excluding carboxylic acids is 2. The standard InChI is InChI=1S/C15H14BNO4.C15H12BrNO2.C12H24B2O4.CH4/c18-15(17-9-11-3-1-2-4-12(11)10-17)21-14-7-5-13(6-8-14)16(19)20;16-13-5-7-14(8-6-13)19-15(18)17-9-11-3-1-2-4-12(11)10-17;1-9(2)10(3,4)16-13(15-9)14-17-11(5,6)12(7,8)18-14;/h1-8,19-20H,9-10H2;1-8H,9-10H2;1-8H3;1H4. The number of amides is 2. The van der Waals surface area contributed by atoms with Crippen LogP contribution in [0.15, 0.2) is 102 Å². The highest BCUT2D eigenvalue weighted by Gasteiger charge is 2.63. The monoisotopic (exact) mass is 870 g/mol. The van der Waals surface area contributed by atoms with E-state index in [0.29, 0.717) is 43.1 Å². The normalized spacial score (nSPS) is 18.6. The molecule has 59 heavy (non-hydrogen) atoms. The highest BCUT2D eigenvalue weighted by Crippen LogP contribution is 2.43. The molecule has 0 unspecified atom stereocenters. The Bertz CT molecular complexity index is 1970. The maximum Gasteiger partial charge on any atom is 0.488 e. The lowest BCUT2D eigenvalue weighted by Gasteiger charge is -2.32. The van der Waals surface area contributed by atoms with E-state index in [1.54, 1.807) is 21.9 Å². The zero-order valence-electron chi connectivity index (χ0n) is 34.2. The minimum Gasteiger partial charge on any atom is -0.423 e. The number of benzene rings is 4. The summed E-state index contributed by atoms with van der Waals surface area (Å²) in [6.45, 7) is 18.5. The van der Waals surface area contributed by atoms with E-state index >= 15 is 0 Å². The molecule has 2 saturated heterocycles. The highest BCUT2D eigenvalue weighted by atomic mass is 79.9. The number of hydrogen-bond donors (Lipinski definition) is 2. The number of ether oxygens (including phenoxy) is 2. The topological polar surface area (TPSA) is 136 Å². The van der Waals surface area contributed by atoms with Crippen LogP contribution in [0.1, 0.15) is 85.1 Å². The number of rotatable bonds is 4. The highest BCUT2D eigenvalue weighted by molar-refractivity contribution is 9.10. The molecule has 4 heterocycles. The van der Waals surface area contributed by atoms with Crippen molar-refractivity contribution in [2.75, 3.05) is 0 Å². The van der Waals surface area contributed by atoms with Gasteiger partial charge in [-0.3, -0.25) is 9.80 Å². The molecule has 12 nitrogen and oxygen atoms in total. The Morgan fingerprint density at radius 2 is 0.847 bits per heavy atom. The minimum absolute atomic E-state index is 0. The van der Waals surface area contributed by atoms with Crippen molar-refractivity contribution in [2.45, 2.75) is 111 Å². The van der Waals surface area contributed by atoms with Gasteiger partial charge in [-0.05, 0) is 120 Å². The molecular formula is C43H54B3BrN2O10. The lowest BCUT2D eigenvalue weighted by Crippen LogP contribution is -2.41. The van der Waals surface area contributed by atoms with Gasteiger partial charge < -0.3 is 38.1 Å². The number of nitrogens with zero attached hydrogens (tertiary/aromatic N) is 2. The molecule has 4 aliphatic heterocycles. The van der Waals surface area contributed by atoms with Crippen LogP contribution in [0.4, 0.5) is 9.59 Å². The molecule has 312 valence electrons. The summed E-state index contributed by atoms with van der Waals surface area (Å²) in [5, 5.41) is 18.0. The largest absolute Gasteiger partial charge is 0.488 e. The van der Waals surface area contributed by atoms with Crippen LogP contribution < -0.4 is 14.9 Å². The van der Waals surface area contributed by atoms with Gasteiger partial charge in [0.15, 0.2) is 0 Å². The van der Waals surface area contributed by atoms with Crippen LogP contribution in [-0.4, -0.2) is 75.6 Å². The van der Waals surface area contributed by atoms with Gasteiger partial charge in [-0.15, -0.1) is 0 Å². The molecule has 0 radical (unpaired) electrons. The molecule has 4 aromatic rings. The van der Waals surface area contributed by atoms with Gasteiger partial charge in [0.25, 0.3) is 0 Å². The molecule has 0 aliphatic carbocycles. The SMILES string of the molecule is C.CC1(C)OB(B2OC(C)(C)C(C)(C)O2)OC1(C)C.O=C(Oc1ccc(B(O)O)cc1)N1Cc2ccccc2C1.O=C(Oc1ccc(Br)cc1)N1Cc2ccccc2C1. The van der Waals surface area contributed by atoms with Gasteiger partial charge in [-0.1, -0.05) is 84.0 Å². The lowest BCUT2D eigenvalue weighted by atomic mass is 9.49. The second kappa shape index (κ2) is 18.2. The van der Waals surface area contributed by atoms with Crippen molar-refractivity contribution in [3.8, 4) is 11.5 Å². The number of fused-ring (bicyclic) bond motifs is 2. The van der Waals surface area contributed by atoms with Gasteiger partial charge in [0, 0.05) is 30.7 Å². The van der Waals surface area contributed by atoms with Gasteiger partial charge in [0.2, 0.25) is 0 Å². The fourth-order valence-corrected chi connectivity index (χ4v) is 6.73. The van der Waals surface area contributed by atoms with Crippen LogP contribution >= 0.6 is 15.9 Å². The summed E-state index contributed by atoms with van der Waals surface area (Å²) >= 11 is 3.35. The van der Waals surface area contributed by atoms with E-state index in [9.17, 15) is 9.59 Å². The summed E-state index contributed by atoms with van der Waals surface area (Å²) in [5.41, 5.74) is 3.56. The van der Waals surface area contributed by atoms with Crippen LogP contribution in [0.5, 0.6) is 11.5 Å². The lowest BCUT2D eigenvalue weighted by molar-refractivity contribution is 0.00578. The van der Waals surface area contributed by atoms with Gasteiger partial charge >= 0.3 is 33.3 Å². The first kappa shape index (κ1) is 45.9. The molecule has 0 spiro atoms. The molecule has 4 aromatic carbocycles. The van der Waals surface area contributed by atoms with Crippen molar-refractivity contribution in [3.63, 3.8) is 0 Å². The molecule has 2 N–H and O–H groups in total. The second-order valence-corrected chi connectivity index (χ2v) is 17.5. The Balaban J connectivity index is 0.000000167. The van der Waals surface area contributed by atoms with E-state index in [-0.39, 0.29) is 35.9 Å². The molecule has 16 heteroatoms. The number of carbonyl (C=O) groups is 2. The minimum atomic E-state index is -1.53. The molecule has 2 fully saturated rings. The second-order valence-electron chi connectivity index (χ2n) is 16.6. The Labute approximate surface area is 357 Å². The van der Waals surface area contributed by atoms with Crippen molar-refractivity contribution < 1.29 is 47.7 Å². The third kappa shape index (κ3) is 10.8. The summed E-state index contributed by atoms with van der Waals surface area (Å²) in [4.78, 5) is 27.5. The van der Waals surface area contributed by atoms with Crippen LogP contribution in [0.3, 0.4) is 0 Å². The molecule has 0 bridgehead atoms. The summed E-state index contributed by atoms with van der Waals surface area (Å²) in [6.07, 6.45) is -0.720. The van der Waals surface area contributed by atoms with Gasteiger partial charge in [0.1, 0.15) is 11.5 Å². The first-order chi connectivity index (χ1) is 27.2. The molecule has 0 atom stereocenters. The van der Waals surface area contributed by atoms with Gasteiger partial charge in [-0.2, -0.15) is 0 Å². The van der Waals surface area contributed by atoms with Crippen LogP contribution in [0, 0.1) is 0 Å². The van der Waals surface area contributed by atoms with Crippen LogP contribution in [-0.2, 0) is 44.8 Å². The van der Waals surface area contributed by atoms with E-state index in [4.69, 9.17) is 38.1 Å². The van der Waals surface area contributed by atoms with E-state index in [1.165, 1.54) is 35.4 Å². The zero-order chi connectivity index (χ0) is 42.0. The summed E-state index contributed by atoms with van der Waals surface area (Å²) in [6, 6.07) is 29.3. The maximum absolute atomic E-state index is 12.1. The Hall–Kier alpha value is -4.15. The quantitative estimate of drug-likeness (QED) is 0.196. The average molecular weight is 871 g/mol. The van der Waals surface area contributed by atoms with Crippen molar-refractivity contribution >= 4 is 54.7 Å². The number of hydrogen-bond acceptors (Lipinski definition) is 10. The Morgan fingerprint density at radius 1 is 0.559 bits per heavy atom. The molecule has 2 amide bonds. The average Bonchev–Trinajstić information content (AvgIpc) is 3.90. The molecule has 8 rings (SSSR count). The third-order valence-electron chi connectivity index (χ3n) is 11.4.